The van der Waals surface area contributed by atoms with E-state index in [1.165, 1.54) is 0 Å². The Bertz CT molecular complexity index is 300. The Hall–Kier alpha value is -1.37. The van der Waals surface area contributed by atoms with Crippen molar-refractivity contribution in [1.82, 2.24) is 10.1 Å². The Morgan fingerprint density at radius 2 is 2.38 bits per heavy atom. The second-order valence-electron chi connectivity index (χ2n) is 3.00. The SMILES string of the molecule is CCc1noc(C(C)CCC#N)n1. The van der Waals surface area contributed by atoms with Gasteiger partial charge in [-0.25, -0.2) is 0 Å². The standard InChI is InChI=1S/C9H13N3O/c1-3-8-11-9(13-12-8)7(2)5-4-6-10/h7H,3-5H2,1-2H3. The maximum Gasteiger partial charge on any atom is 0.229 e. The number of nitrogens with zero attached hydrogens (tertiary/aromatic N) is 3. The fraction of sp³-hybridized carbons (Fsp3) is 0.667. The molecule has 1 atom stereocenters. The number of aryl methyl sites for hydroxylation is 1. The van der Waals surface area contributed by atoms with E-state index in [2.05, 4.69) is 16.2 Å². The van der Waals surface area contributed by atoms with E-state index in [-0.39, 0.29) is 5.92 Å². The van der Waals surface area contributed by atoms with Crippen LogP contribution in [0.4, 0.5) is 0 Å². The number of hydrogen-bond acceptors (Lipinski definition) is 4. The van der Waals surface area contributed by atoms with Crippen LogP contribution in [0.3, 0.4) is 0 Å². The molecular weight excluding hydrogens is 166 g/mol. The van der Waals surface area contributed by atoms with Crippen LogP contribution in [0.2, 0.25) is 0 Å². The molecule has 0 aliphatic heterocycles. The molecule has 1 aromatic rings. The lowest BCUT2D eigenvalue weighted by molar-refractivity contribution is 0.351. The van der Waals surface area contributed by atoms with Crippen molar-refractivity contribution in [3.8, 4) is 6.07 Å². The van der Waals surface area contributed by atoms with Crippen LogP contribution in [0, 0.1) is 11.3 Å². The molecule has 0 N–H and O–H groups in total. The second kappa shape index (κ2) is 4.61. The first-order chi connectivity index (χ1) is 6.27. The summed E-state index contributed by atoms with van der Waals surface area (Å²) in [6.45, 7) is 3.97. The average molecular weight is 179 g/mol. The third-order valence-electron chi connectivity index (χ3n) is 1.91. The largest absolute Gasteiger partial charge is 0.339 e. The van der Waals surface area contributed by atoms with Crippen molar-refractivity contribution in [2.75, 3.05) is 0 Å². The van der Waals surface area contributed by atoms with E-state index >= 15 is 0 Å². The smallest absolute Gasteiger partial charge is 0.229 e. The fourth-order valence-corrected chi connectivity index (χ4v) is 1.02. The minimum absolute atomic E-state index is 0.187. The van der Waals surface area contributed by atoms with Crippen LogP contribution in [0.5, 0.6) is 0 Å². The van der Waals surface area contributed by atoms with Crippen molar-refractivity contribution in [3.63, 3.8) is 0 Å². The summed E-state index contributed by atoms with van der Waals surface area (Å²) < 4.78 is 5.04. The van der Waals surface area contributed by atoms with Crippen molar-refractivity contribution in [3.05, 3.63) is 11.7 Å². The summed E-state index contributed by atoms with van der Waals surface area (Å²) in [6.07, 6.45) is 2.10. The Kier molecular flexibility index (Phi) is 3.44. The van der Waals surface area contributed by atoms with E-state index in [0.717, 1.165) is 18.7 Å². The zero-order chi connectivity index (χ0) is 9.68. The molecule has 0 aliphatic rings. The minimum Gasteiger partial charge on any atom is -0.339 e. The number of aromatic nitrogens is 2. The average Bonchev–Trinajstić information content (AvgIpc) is 2.62. The zero-order valence-electron chi connectivity index (χ0n) is 7.95. The molecule has 1 aromatic heterocycles. The van der Waals surface area contributed by atoms with Crippen molar-refractivity contribution in [1.29, 1.82) is 5.26 Å². The highest BCUT2D eigenvalue weighted by Gasteiger charge is 2.12. The summed E-state index contributed by atoms with van der Waals surface area (Å²) in [5.74, 6) is 1.57. The molecule has 13 heavy (non-hydrogen) atoms. The van der Waals surface area contributed by atoms with Crippen LogP contribution in [-0.4, -0.2) is 10.1 Å². The van der Waals surface area contributed by atoms with Crippen molar-refractivity contribution < 1.29 is 4.52 Å². The zero-order valence-corrected chi connectivity index (χ0v) is 7.95. The van der Waals surface area contributed by atoms with E-state index < -0.39 is 0 Å². The molecule has 0 saturated heterocycles. The first kappa shape index (κ1) is 9.72. The van der Waals surface area contributed by atoms with Gasteiger partial charge in [-0.05, 0) is 6.42 Å². The molecular formula is C9H13N3O. The van der Waals surface area contributed by atoms with E-state index in [0.29, 0.717) is 12.3 Å². The molecule has 1 heterocycles. The van der Waals surface area contributed by atoms with Crippen LogP contribution in [-0.2, 0) is 6.42 Å². The van der Waals surface area contributed by atoms with Gasteiger partial charge < -0.3 is 4.52 Å². The van der Waals surface area contributed by atoms with Crippen molar-refractivity contribution in [2.45, 2.75) is 39.0 Å². The third kappa shape index (κ3) is 2.55. The normalized spacial score (nSPS) is 12.4. The fourth-order valence-electron chi connectivity index (χ4n) is 1.02. The molecule has 1 unspecified atom stereocenters. The summed E-state index contributed by atoms with van der Waals surface area (Å²) in [6, 6.07) is 2.10. The van der Waals surface area contributed by atoms with Gasteiger partial charge in [-0.3, -0.25) is 0 Å². The van der Waals surface area contributed by atoms with Crippen LogP contribution in [0.1, 0.15) is 44.3 Å². The summed E-state index contributed by atoms with van der Waals surface area (Å²) in [5, 5.41) is 12.2. The van der Waals surface area contributed by atoms with Crippen LogP contribution >= 0.6 is 0 Å². The summed E-state index contributed by atoms with van der Waals surface area (Å²) in [7, 11) is 0. The minimum atomic E-state index is 0.187. The lowest BCUT2D eigenvalue weighted by Crippen LogP contribution is -1.93. The molecule has 0 aliphatic carbocycles. The Morgan fingerprint density at radius 1 is 1.62 bits per heavy atom. The molecule has 4 nitrogen and oxygen atoms in total. The Balaban J connectivity index is 2.56. The maximum absolute atomic E-state index is 8.40. The number of rotatable bonds is 4. The predicted molar refractivity (Wildman–Crippen MR) is 46.9 cm³/mol. The number of hydrogen-bond donors (Lipinski definition) is 0. The highest BCUT2D eigenvalue weighted by Crippen LogP contribution is 2.18. The predicted octanol–water partition coefficient (Wildman–Crippen LogP) is 2.04. The van der Waals surface area contributed by atoms with Gasteiger partial charge in [0.1, 0.15) is 0 Å². The first-order valence-electron chi connectivity index (χ1n) is 4.47. The second-order valence-corrected chi connectivity index (χ2v) is 3.00. The van der Waals surface area contributed by atoms with Gasteiger partial charge >= 0.3 is 0 Å². The van der Waals surface area contributed by atoms with Crippen molar-refractivity contribution >= 4 is 0 Å². The highest BCUT2D eigenvalue weighted by atomic mass is 16.5. The number of nitriles is 1. The summed E-state index contributed by atoms with van der Waals surface area (Å²) in [4.78, 5) is 4.19. The van der Waals surface area contributed by atoms with E-state index in [4.69, 9.17) is 9.78 Å². The van der Waals surface area contributed by atoms with Gasteiger partial charge in [-0.1, -0.05) is 19.0 Å². The maximum atomic E-state index is 8.40. The van der Waals surface area contributed by atoms with Crippen LogP contribution in [0.25, 0.3) is 0 Å². The Morgan fingerprint density at radius 3 is 2.92 bits per heavy atom. The van der Waals surface area contributed by atoms with Crippen LogP contribution in [0.15, 0.2) is 4.52 Å². The molecule has 4 heteroatoms. The molecule has 0 saturated carbocycles. The molecule has 0 radical (unpaired) electrons. The van der Waals surface area contributed by atoms with E-state index in [1.54, 1.807) is 0 Å². The van der Waals surface area contributed by atoms with Gasteiger partial charge in [0.15, 0.2) is 5.82 Å². The summed E-state index contributed by atoms with van der Waals surface area (Å²) >= 11 is 0. The molecule has 0 amide bonds. The van der Waals surface area contributed by atoms with Gasteiger partial charge in [-0.15, -0.1) is 0 Å². The molecule has 70 valence electrons. The highest BCUT2D eigenvalue weighted by molar-refractivity contribution is 4.93. The molecule has 0 fully saturated rings. The van der Waals surface area contributed by atoms with Gasteiger partial charge in [0.25, 0.3) is 0 Å². The molecule has 0 bridgehead atoms. The molecule has 0 spiro atoms. The molecule has 0 aromatic carbocycles. The third-order valence-corrected chi connectivity index (χ3v) is 1.91. The first-order valence-corrected chi connectivity index (χ1v) is 4.47. The van der Waals surface area contributed by atoms with Gasteiger partial charge in [0.2, 0.25) is 5.89 Å². The van der Waals surface area contributed by atoms with E-state index in [1.807, 2.05) is 13.8 Å². The van der Waals surface area contributed by atoms with Crippen LogP contribution < -0.4 is 0 Å². The summed E-state index contributed by atoms with van der Waals surface area (Å²) in [5.41, 5.74) is 0. The van der Waals surface area contributed by atoms with E-state index in [9.17, 15) is 0 Å². The van der Waals surface area contributed by atoms with Gasteiger partial charge in [0, 0.05) is 18.8 Å². The quantitative estimate of drug-likeness (QED) is 0.709. The Labute approximate surface area is 77.6 Å². The van der Waals surface area contributed by atoms with Gasteiger partial charge in [-0.2, -0.15) is 10.2 Å². The lowest BCUT2D eigenvalue weighted by atomic mass is 10.1. The lowest BCUT2D eigenvalue weighted by Gasteiger charge is -2.00. The van der Waals surface area contributed by atoms with Crippen molar-refractivity contribution in [2.24, 2.45) is 0 Å². The molecule has 1 rings (SSSR count). The monoisotopic (exact) mass is 179 g/mol. The van der Waals surface area contributed by atoms with Gasteiger partial charge in [0.05, 0.1) is 6.07 Å². The topological polar surface area (TPSA) is 62.7 Å².